The van der Waals surface area contributed by atoms with E-state index in [0.717, 1.165) is 55.6 Å². The molecule has 4 rings (SSSR count). The van der Waals surface area contributed by atoms with Gasteiger partial charge in [-0.25, -0.2) is 0 Å². The van der Waals surface area contributed by atoms with Gasteiger partial charge in [0.25, 0.3) is 0 Å². The first-order valence-electron chi connectivity index (χ1n) is 11.0. The van der Waals surface area contributed by atoms with Gasteiger partial charge in [0.05, 0.1) is 35.1 Å². The van der Waals surface area contributed by atoms with Gasteiger partial charge in [0.15, 0.2) is 23.0 Å². The van der Waals surface area contributed by atoms with Crippen LogP contribution >= 0.6 is 0 Å². The van der Waals surface area contributed by atoms with E-state index in [1.807, 2.05) is 0 Å². The zero-order valence-electron chi connectivity index (χ0n) is 19.5. The average molecular weight is 427 g/mol. The summed E-state index contributed by atoms with van der Waals surface area (Å²) in [5.41, 5.74) is 5.38. The van der Waals surface area contributed by atoms with Crippen molar-refractivity contribution in [1.29, 1.82) is 0 Å². The molecule has 6 heteroatoms. The Hall–Kier alpha value is -2.44. The number of methoxy groups -OCH3 is 4. The highest BCUT2D eigenvalue weighted by atomic mass is 16.5. The Bertz CT molecular complexity index is 870. The second kappa shape index (κ2) is 8.97. The van der Waals surface area contributed by atoms with E-state index in [1.165, 1.54) is 22.3 Å². The second-order valence-corrected chi connectivity index (χ2v) is 8.43. The topological polar surface area (TPSA) is 43.4 Å². The summed E-state index contributed by atoms with van der Waals surface area (Å²) in [5, 5.41) is 0. The third-order valence-corrected chi connectivity index (χ3v) is 6.99. The molecule has 31 heavy (non-hydrogen) atoms. The van der Waals surface area contributed by atoms with Crippen LogP contribution in [0.2, 0.25) is 0 Å². The maximum Gasteiger partial charge on any atom is 0.161 e. The summed E-state index contributed by atoms with van der Waals surface area (Å²) >= 11 is 0. The summed E-state index contributed by atoms with van der Waals surface area (Å²) in [6.45, 7) is 7.59. The standard InChI is InChI=1S/C25H34N2O4/c1-16-20-13-24(30-5)22(28-3)11-18(20)7-9-26(16)15-27-10-8-19-12-23(29-4)25(31-6)14-21(19)17(27)2/h11-14,16-17H,7-10,15H2,1-6H3. The van der Waals surface area contributed by atoms with Crippen molar-refractivity contribution in [3.8, 4) is 23.0 Å². The van der Waals surface area contributed by atoms with Gasteiger partial charge in [0, 0.05) is 25.2 Å². The number of hydrogen-bond donors (Lipinski definition) is 0. The number of hydrogen-bond acceptors (Lipinski definition) is 6. The zero-order valence-corrected chi connectivity index (χ0v) is 19.5. The number of fused-ring (bicyclic) bond motifs is 2. The molecule has 168 valence electrons. The van der Waals surface area contributed by atoms with E-state index in [4.69, 9.17) is 18.9 Å². The number of rotatable bonds is 6. The van der Waals surface area contributed by atoms with Crippen molar-refractivity contribution in [2.75, 3.05) is 48.2 Å². The Balaban J connectivity index is 1.54. The molecule has 0 aromatic heterocycles. The lowest BCUT2D eigenvalue weighted by atomic mass is 9.91. The highest BCUT2D eigenvalue weighted by Crippen LogP contribution is 2.40. The molecule has 0 aliphatic carbocycles. The summed E-state index contributed by atoms with van der Waals surface area (Å²) in [5.74, 6) is 3.23. The van der Waals surface area contributed by atoms with Crippen molar-refractivity contribution >= 4 is 0 Å². The minimum atomic E-state index is 0.322. The van der Waals surface area contributed by atoms with Crippen LogP contribution in [0.3, 0.4) is 0 Å². The molecule has 2 unspecified atom stereocenters. The van der Waals surface area contributed by atoms with Gasteiger partial charge >= 0.3 is 0 Å². The van der Waals surface area contributed by atoms with Crippen LogP contribution in [-0.4, -0.2) is 58.0 Å². The molecule has 2 aliphatic heterocycles. The molecular formula is C25H34N2O4. The largest absolute Gasteiger partial charge is 0.493 e. The normalized spacial score (nSPS) is 21.2. The number of nitrogens with zero attached hydrogens (tertiary/aromatic N) is 2. The molecule has 0 amide bonds. The number of benzene rings is 2. The Morgan fingerprint density at radius 3 is 1.35 bits per heavy atom. The van der Waals surface area contributed by atoms with Crippen LogP contribution in [-0.2, 0) is 12.8 Å². The van der Waals surface area contributed by atoms with E-state index < -0.39 is 0 Å². The molecule has 0 spiro atoms. The van der Waals surface area contributed by atoms with E-state index in [1.54, 1.807) is 28.4 Å². The quantitative estimate of drug-likeness (QED) is 0.689. The highest BCUT2D eigenvalue weighted by Gasteiger charge is 2.31. The maximum absolute atomic E-state index is 5.56. The molecule has 2 atom stereocenters. The zero-order chi connectivity index (χ0) is 22.1. The van der Waals surface area contributed by atoms with E-state index in [0.29, 0.717) is 12.1 Å². The van der Waals surface area contributed by atoms with Gasteiger partial charge in [-0.2, -0.15) is 0 Å². The monoisotopic (exact) mass is 426 g/mol. The van der Waals surface area contributed by atoms with Gasteiger partial charge in [-0.3, -0.25) is 9.80 Å². The van der Waals surface area contributed by atoms with Gasteiger partial charge in [0.2, 0.25) is 0 Å². The Morgan fingerprint density at radius 1 is 0.645 bits per heavy atom. The van der Waals surface area contributed by atoms with Crippen LogP contribution in [0.25, 0.3) is 0 Å². The first-order chi connectivity index (χ1) is 15.0. The predicted octanol–water partition coefficient (Wildman–Crippen LogP) is 4.22. The summed E-state index contributed by atoms with van der Waals surface area (Å²) < 4.78 is 22.1. The molecule has 0 saturated carbocycles. The minimum Gasteiger partial charge on any atom is -0.493 e. The van der Waals surface area contributed by atoms with E-state index in [9.17, 15) is 0 Å². The SMILES string of the molecule is COc1cc2c(cc1OC)C(C)N(CN1CCc3cc(OC)c(OC)cc3C1C)CC2. The molecule has 0 N–H and O–H groups in total. The second-order valence-electron chi connectivity index (χ2n) is 8.43. The Labute approximate surface area is 185 Å². The third-order valence-electron chi connectivity index (χ3n) is 6.99. The molecule has 2 heterocycles. The van der Waals surface area contributed by atoms with Gasteiger partial charge in [-0.05, 0) is 73.2 Å². The predicted molar refractivity (Wildman–Crippen MR) is 122 cm³/mol. The van der Waals surface area contributed by atoms with Crippen molar-refractivity contribution in [1.82, 2.24) is 9.80 Å². The van der Waals surface area contributed by atoms with Crippen molar-refractivity contribution in [2.45, 2.75) is 38.8 Å². The molecule has 6 nitrogen and oxygen atoms in total. The van der Waals surface area contributed by atoms with E-state index in [-0.39, 0.29) is 0 Å². The van der Waals surface area contributed by atoms with Crippen molar-refractivity contribution < 1.29 is 18.9 Å². The van der Waals surface area contributed by atoms with Crippen LogP contribution in [0.5, 0.6) is 23.0 Å². The molecule has 2 aromatic rings. The molecule has 0 bridgehead atoms. The van der Waals surface area contributed by atoms with Crippen LogP contribution in [0.4, 0.5) is 0 Å². The lowest BCUT2D eigenvalue weighted by Crippen LogP contribution is -2.45. The van der Waals surface area contributed by atoms with Crippen LogP contribution in [0, 0.1) is 0 Å². The fourth-order valence-electron chi connectivity index (χ4n) is 5.01. The lowest BCUT2D eigenvalue weighted by molar-refractivity contribution is 0.0620. The van der Waals surface area contributed by atoms with E-state index in [2.05, 4.69) is 47.9 Å². The summed E-state index contributed by atoms with van der Waals surface area (Å²) in [6.07, 6.45) is 2.04. The molecule has 2 aromatic carbocycles. The first kappa shape index (κ1) is 21.8. The average Bonchev–Trinajstić information content (AvgIpc) is 2.80. The van der Waals surface area contributed by atoms with Gasteiger partial charge in [0.1, 0.15) is 0 Å². The van der Waals surface area contributed by atoms with Gasteiger partial charge < -0.3 is 18.9 Å². The molecule has 0 fully saturated rings. The Morgan fingerprint density at radius 2 is 1.00 bits per heavy atom. The number of ether oxygens (including phenoxy) is 4. The first-order valence-corrected chi connectivity index (χ1v) is 11.0. The lowest BCUT2D eigenvalue weighted by Gasteiger charge is -2.43. The van der Waals surface area contributed by atoms with Crippen LogP contribution in [0.1, 0.15) is 48.2 Å². The van der Waals surface area contributed by atoms with Crippen molar-refractivity contribution in [2.24, 2.45) is 0 Å². The third kappa shape index (κ3) is 3.94. The minimum absolute atomic E-state index is 0.322. The van der Waals surface area contributed by atoms with E-state index >= 15 is 0 Å². The molecule has 2 aliphatic rings. The van der Waals surface area contributed by atoms with Gasteiger partial charge in [-0.1, -0.05) is 0 Å². The van der Waals surface area contributed by atoms with Gasteiger partial charge in [-0.15, -0.1) is 0 Å². The fourth-order valence-corrected chi connectivity index (χ4v) is 5.01. The summed E-state index contributed by atoms with van der Waals surface area (Å²) in [7, 11) is 6.79. The maximum atomic E-state index is 5.56. The fraction of sp³-hybridized carbons (Fsp3) is 0.520. The van der Waals surface area contributed by atoms with Crippen LogP contribution < -0.4 is 18.9 Å². The van der Waals surface area contributed by atoms with Crippen molar-refractivity contribution in [3.63, 3.8) is 0 Å². The smallest absolute Gasteiger partial charge is 0.161 e. The summed E-state index contributed by atoms with van der Waals surface area (Å²) in [4.78, 5) is 5.13. The van der Waals surface area contributed by atoms with Crippen LogP contribution in [0.15, 0.2) is 24.3 Å². The Kier molecular flexibility index (Phi) is 6.30. The molecular weight excluding hydrogens is 392 g/mol. The molecule has 0 radical (unpaired) electrons. The highest BCUT2D eigenvalue weighted by molar-refractivity contribution is 5.50. The summed E-state index contributed by atoms with van der Waals surface area (Å²) in [6, 6.07) is 9.22. The van der Waals surface area contributed by atoms with Crippen molar-refractivity contribution in [3.05, 3.63) is 46.5 Å². The molecule has 0 saturated heterocycles.